The minimum atomic E-state index is -1.07. The first-order valence-corrected chi connectivity index (χ1v) is 5.26. The van der Waals surface area contributed by atoms with Crippen LogP contribution in [0.3, 0.4) is 0 Å². The third kappa shape index (κ3) is 1.73. The highest BCUT2D eigenvalue weighted by Crippen LogP contribution is 2.32. The summed E-state index contributed by atoms with van der Waals surface area (Å²) in [5.74, 6) is 0.217. The Kier molecular flexibility index (Phi) is 2.53. The summed E-state index contributed by atoms with van der Waals surface area (Å²) in [5.41, 5.74) is 0.601. The van der Waals surface area contributed by atoms with E-state index in [1.54, 1.807) is 13.0 Å². The van der Waals surface area contributed by atoms with Crippen LogP contribution in [0.4, 0.5) is 4.79 Å². The fourth-order valence-electron chi connectivity index (χ4n) is 1.94. The van der Waals surface area contributed by atoms with Gasteiger partial charge >= 0.3 is 6.03 Å². The Morgan fingerprint density at radius 3 is 2.53 bits per heavy atom. The first kappa shape index (κ1) is 11.4. The smallest absolute Gasteiger partial charge is 0.322 e. The van der Waals surface area contributed by atoms with Gasteiger partial charge in [-0.3, -0.25) is 10.1 Å². The van der Waals surface area contributed by atoms with Crippen molar-refractivity contribution in [3.8, 4) is 5.75 Å². The van der Waals surface area contributed by atoms with Crippen molar-refractivity contribution in [2.24, 2.45) is 0 Å². The van der Waals surface area contributed by atoms with Crippen LogP contribution in [0.2, 0.25) is 0 Å². The molecule has 1 atom stereocenters. The molecular weight excluding hydrogens is 220 g/mol. The predicted octanol–water partition coefficient (Wildman–Crippen LogP) is 1.06. The lowest BCUT2D eigenvalue weighted by Crippen LogP contribution is -2.40. The molecule has 1 heterocycles. The van der Waals surface area contributed by atoms with Gasteiger partial charge in [0.15, 0.2) is 0 Å². The van der Waals surface area contributed by atoms with Gasteiger partial charge in [0, 0.05) is 5.56 Å². The number of methoxy groups -OCH3 is 1. The number of benzene rings is 1. The van der Waals surface area contributed by atoms with Gasteiger partial charge < -0.3 is 10.1 Å². The molecule has 5 heteroatoms. The number of carbonyl (C=O) groups is 2. The SMILES string of the molecule is COc1cc(C)ccc1C1(C)NC(=O)NC1=O. The number of urea groups is 1. The third-order valence-electron chi connectivity index (χ3n) is 2.94. The van der Waals surface area contributed by atoms with Crippen molar-refractivity contribution >= 4 is 11.9 Å². The second-order valence-corrected chi connectivity index (χ2v) is 4.24. The van der Waals surface area contributed by atoms with E-state index >= 15 is 0 Å². The molecule has 0 aliphatic carbocycles. The summed E-state index contributed by atoms with van der Waals surface area (Å²) in [4.78, 5) is 23.0. The van der Waals surface area contributed by atoms with E-state index in [1.807, 2.05) is 19.1 Å². The molecule has 1 saturated heterocycles. The van der Waals surface area contributed by atoms with Crippen LogP contribution in [0.1, 0.15) is 18.1 Å². The molecule has 1 aromatic rings. The predicted molar refractivity (Wildman–Crippen MR) is 61.8 cm³/mol. The minimum Gasteiger partial charge on any atom is -0.496 e. The van der Waals surface area contributed by atoms with E-state index in [-0.39, 0.29) is 5.91 Å². The number of carbonyl (C=O) groups excluding carboxylic acids is 2. The number of rotatable bonds is 2. The van der Waals surface area contributed by atoms with Crippen LogP contribution < -0.4 is 15.4 Å². The monoisotopic (exact) mass is 234 g/mol. The normalized spacial score (nSPS) is 23.2. The van der Waals surface area contributed by atoms with Gasteiger partial charge in [-0.2, -0.15) is 0 Å². The van der Waals surface area contributed by atoms with Crippen LogP contribution in [-0.4, -0.2) is 19.0 Å². The number of hydrogen-bond acceptors (Lipinski definition) is 3. The van der Waals surface area contributed by atoms with Gasteiger partial charge in [0.05, 0.1) is 7.11 Å². The number of nitrogens with one attached hydrogen (secondary N) is 2. The number of imide groups is 1. The van der Waals surface area contributed by atoms with Gasteiger partial charge in [0.1, 0.15) is 11.3 Å². The second kappa shape index (κ2) is 3.76. The largest absolute Gasteiger partial charge is 0.496 e. The van der Waals surface area contributed by atoms with E-state index in [4.69, 9.17) is 4.74 Å². The zero-order valence-electron chi connectivity index (χ0n) is 9.96. The maximum Gasteiger partial charge on any atom is 0.322 e. The highest BCUT2D eigenvalue weighted by Gasteiger charge is 2.45. The first-order valence-electron chi connectivity index (χ1n) is 5.26. The first-order chi connectivity index (χ1) is 7.97. The summed E-state index contributed by atoms with van der Waals surface area (Å²) in [7, 11) is 1.54. The molecule has 3 amide bonds. The van der Waals surface area contributed by atoms with Crippen LogP contribution in [0.25, 0.3) is 0 Å². The van der Waals surface area contributed by atoms with Crippen molar-refractivity contribution < 1.29 is 14.3 Å². The van der Waals surface area contributed by atoms with E-state index in [9.17, 15) is 9.59 Å². The lowest BCUT2D eigenvalue weighted by atomic mass is 9.90. The van der Waals surface area contributed by atoms with E-state index in [1.165, 1.54) is 7.11 Å². The van der Waals surface area contributed by atoms with Crippen molar-refractivity contribution in [1.29, 1.82) is 0 Å². The molecule has 2 N–H and O–H groups in total. The Hall–Kier alpha value is -2.04. The molecular formula is C12H14N2O3. The second-order valence-electron chi connectivity index (χ2n) is 4.24. The third-order valence-corrected chi connectivity index (χ3v) is 2.94. The Morgan fingerprint density at radius 2 is 2.00 bits per heavy atom. The number of hydrogen-bond donors (Lipinski definition) is 2. The maximum absolute atomic E-state index is 11.8. The van der Waals surface area contributed by atoms with Crippen molar-refractivity contribution in [3.05, 3.63) is 29.3 Å². The molecule has 1 aliphatic rings. The topological polar surface area (TPSA) is 67.4 Å². The average molecular weight is 234 g/mol. The zero-order valence-corrected chi connectivity index (χ0v) is 9.96. The van der Waals surface area contributed by atoms with E-state index < -0.39 is 11.6 Å². The van der Waals surface area contributed by atoms with Gasteiger partial charge in [-0.1, -0.05) is 12.1 Å². The fourth-order valence-corrected chi connectivity index (χ4v) is 1.94. The van der Waals surface area contributed by atoms with Crippen molar-refractivity contribution in [3.63, 3.8) is 0 Å². The molecule has 0 saturated carbocycles. The molecule has 2 rings (SSSR count). The lowest BCUT2D eigenvalue weighted by molar-refractivity contribution is -0.123. The molecule has 17 heavy (non-hydrogen) atoms. The molecule has 0 radical (unpaired) electrons. The van der Waals surface area contributed by atoms with Crippen LogP contribution in [0.5, 0.6) is 5.75 Å². The Labute approximate surface area is 99.2 Å². The zero-order chi connectivity index (χ0) is 12.6. The van der Waals surface area contributed by atoms with Gasteiger partial charge in [0.25, 0.3) is 5.91 Å². The Bertz CT molecular complexity index is 499. The van der Waals surface area contributed by atoms with Crippen molar-refractivity contribution in [2.45, 2.75) is 19.4 Å². The van der Waals surface area contributed by atoms with Gasteiger partial charge in [-0.25, -0.2) is 4.79 Å². The summed E-state index contributed by atoms with van der Waals surface area (Å²) < 4.78 is 5.26. The molecule has 90 valence electrons. The quantitative estimate of drug-likeness (QED) is 0.752. The van der Waals surface area contributed by atoms with E-state index in [0.717, 1.165) is 5.56 Å². The highest BCUT2D eigenvalue weighted by atomic mass is 16.5. The van der Waals surface area contributed by atoms with Crippen LogP contribution in [-0.2, 0) is 10.3 Å². The molecule has 5 nitrogen and oxygen atoms in total. The summed E-state index contributed by atoms with van der Waals surface area (Å²) in [6.07, 6.45) is 0. The van der Waals surface area contributed by atoms with Crippen molar-refractivity contribution in [2.75, 3.05) is 7.11 Å². The molecule has 1 aromatic carbocycles. The standard InChI is InChI=1S/C12H14N2O3/c1-7-4-5-8(9(6-7)17-3)12(2)10(15)13-11(16)14-12/h4-6H,1-3H3,(H2,13,14,15,16). The Balaban J connectivity index is 2.53. The van der Waals surface area contributed by atoms with Gasteiger partial charge in [-0.05, 0) is 25.5 Å². The summed E-state index contributed by atoms with van der Waals surface area (Å²) in [6, 6.07) is 5.01. The van der Waals surface area contributed by atoms with Crippen molar-refractivity contribution in [1.82, 2.24) is 10.6 Å². The molecule has 0 spiro atoms. The molecule has 1 fully saturated rings. The lowest BCUT2D eigenvalue weighted by Gasteiger charge is -2.23. The number of ether oxygens (including phenoxy) is 1. The maximum atomic E-state index is 11.8. The minimum absolute atomic E-state index is 0.371. The molecule has 1 unspecified atom stereocenters. The van der Waals surface area contributed by atoms with E-state index in [2.05, 4.69) is 10.6 Å². The van der Waals surface area contributed by atoms with E-state index in [0.29, 0.717) is 11.3 Å². The number of amides is 3. The summed E-state index contributed by atoms with van der Waals surface area (Å²) >= 11 is 0. The average Bonchev–Trinajstić information content (AvgIpc) is 2.53. The highest BCUT2D eigenvalue weighted by molar-refractivity contribution is 6.07. The van der Waals surface area contributed by atoms with Gasteiger partial charge in [-0.15, -0.1) is 0 Å². The molecule has 0 bridgehead atoms. The van der Waals surface area contributed by atoms with Crippen LogP contribution in [0.15, 0.2) is 18.2 Å². The van der Waals surface area contributed by atoms with Crippen LogP contribution in [0, 0.1) is 6.92 Å². The van der Waals surface area contributed by atoms with Gasteiger partial charge in [0.2, 0.25) is 0 Å². The molecule has 0 aromatic heterocycles. The fraction of sp³-hybridized carbons (Fsp3) is 0.333. The summed E-state index contributed by atoms with van der Waals surface area (Å²) in [6.45, 7) is 3.59. The number of aryl methyl sites for hydroxylation is 1. The van der Waals surface area contributed by atoms with Crippen LogP contribution >= 0.6 is 0 Å². The Morgan fingerprint density at radius 1 is 1.29 bits per heavy atom. The summed E-state index contributed by atoms with van der Waals surface area (Å²) in [5, 5.41) is 4.84. The molecule has 1 aliphatic heterocycles.